The van der Waals surface area contributed by atoms with E-state index in [1.54, 1.807) is 31.4 Å². The Kier molecular flexibility index (Phi) is 2.80. The van der Waals surface area contributed by atoms with Crippen molar-refractivity contribution in [2.75, 3.05) is 12.8 Å². The van der Waals surface area contributed by atoms with Gasteiger partial charge in [0.15, 0.2) is 5.58 Å². The van der Waals surface area contributed by atoms with Crippen LogP contribution in [0.5, 0.6) is 5.75 Å². The molecular formula is C14H11ClN2O2. The third-order valence-electron chi connectivity index (χ3n) is 2.84. The van der Waals surface area contributed by atoms with Gasteiger partial charge in [0.05, 0.1) is 18.4 Å². The van der Waals surface area contributed by atoms with E-state index in [1.807, 2.05) is 12.1 Å². The van der Waals surface area contributed by atoms with Crippen LogP contribution in [0.1, 0.15) is 0 Å². The molecule has 0 aliphatic heterocycles. The third kappa shape index (κ3) is 2.00. The lowest BCUT2D eigenvalue weighted by Gasteiger charge is -2.04. The first kappa shape index (κ1) is 11.9. The number of rotatable bonds is 2. The van der Waals surface area contributed by atoms with Gasteiger partial charge in [0.2, 0.25) is 5.89 Å². The minimum absolute atomic E-state index is 0.437. The van der Waals surface area contributed by atoms with Gasteiger partial charge >= 0.3 is 0 Å². The van der Waals surface area contributed by atoms with Crippen LogP contribution in [0.4, 0.5) is 5.69 Å². The molecule has 2 N–H and O–H groups in total. The molecule has 0 fully saturated rings. The number of nitrogens with two attached hydrogens (primary N) is 1. The van der Waals surface area contributed by atoms with Crippen molar-refractivity contribution in [3.05, 3.63) is 41.4 Å². The summed E-state index contributed by atoms with van der Waals surface area (Å²) in [7, 11) is 1.59. The summed E-state index contributed by atoms with van der Waals surface area (Å²) in [5, 5.41) is 0.589. The van der Waals surface area contributed by atoms with E-state index in [4.69, 9.17) is 26.5 Å². The zero-order chi connectivity index (χ0) is 13.4. The molecule has 4 nitrogen and oxygen atoms in total. The van der Waals surface area contributed by atoms with Gasteiger partial charge in [0.1, 0.15) is 11.3 Å². The van der Waals surface area contributed by atoms with Gasteiger partial charge in [-0.05, 0) is 30.3 Å². The van der Waals surface area contributed by atoms with Gasteiger partial charge in [0.25, 0.3) is 0 Å². The zero-order valence-corrected chi connectivity index (χ0v) is 10.9. The minimum atomic E-state index is 0.437. The molecule has 0 spiro atoms. The van der Waals surface area contributed by atoms with E-state index < -0.39 is 0 Å². The monoisotopic (exact) mass is 274 g/mol. The van der Waals surface area contributed by atoms with Crippen LogP contribution in [0, 0.1) is 0 Å². The Morgan fingerprint density at radius 2 is 2.11 bits per heavy atom. The average molecular weight is 275 g/mol. The summed E-state index contributed by atoms with van der Waals surface area (Å²) in [4.78, 5) is 4.40. The molecule has 1 heterocycles. The number of nitrogens with zero attached hydrogens (tertiary/aromatic N) is 1. The summed E-state index contributed by atoms with van der Waals surface area (Å²) < 4.78 is 11.0. The van der Waals surface area contributed by atoms with E-state index in [1.165, 1.54) is 0 Å². The summed E-state index contributed by atoms with van der Waals surface area (Å²) in [6.07, 6.45) is 0. The molecular weight excluding hydrogens is 264 g/mol. The van der Waals surface area contributed by atoms with Crippen LogP contribution in [-0.4, -0.2) is 12.1 Å². The van der Waals surface area contributed by atoms with Crippen molar-refractivity contribution < 1.29 is 9.15 Å². The van der Waals surface area contributed by atoms with Gasteiger partial charge in [-0.2, -0.15) is 0 Å². The van der Waals surface area contributed by atoms with E-state index in [0.717, 1.165) is 0 Å². The number of benzene rings is 2. The highest BCUT2D eigenvalue weighted by Crippen LogP contribution is 2.34. The van der Waals surface area contributed by atoms with Crippen LogP contribution in [0.3, 0.4) is 0 Å². The topological polar surface area (TPSA) is 61.3 Å². The number of halogens is 1. The van der Waals surface area contributed by atoms with Crippen LogP contribution in [0.25, 0.3) is 22.6 Å². The molecule has 3 aromatic rings. The van der Waals surface area contributed by atoms with E-state index in [-0.39, 0.29) is 0 Å². The molecule has 0 unspecified atom stereocenters. The highest BCUT2D eigenvalue weighted by atomic mass is 35.5. The normalized spacial score (nSPS) is 10.8. The Morgan fingerprint density at radius 3 is 2.84 bits per heavy atom. The molecule has 1 aromatic heterocycles. The molecule has 0 radical (unpaired) electrons. The number of methoxy groups -OCH3 is 1. The van der Waals surface area contributed by atoms with Crippen molar-refractivity contribution in [2.24, 2.45) is 0 Å². The molecule has 0 saturated heterocycles. The Bertz CT molecular complexity index is 752. The van der Waals surface area contributed by atoms with E-state index in [2.05, 4.69) is 4.98 Å². The predicted molar refractivity (Wildman–Crippen MR) is 75.4 cm³/mol. The smallest absolute Gasteiger partial charge is 0.231 e. The quantitative estimate of drug-likeness (QED) is 0.723. The molecule has 0 saturated carbocycles. The lowest BCUT2D eigenvalue weighted by atomic mass is 10.2. The molecule has 0 atom stereocenters. The lowest BCUT2D eigenvalue weighted by molar-refractivity contribution is 0.414. The lowest BCUT2D eigenvalue weighted by Crippen LogP contribution is -1.88. The van der Waals surface area contributed by atoms with Gasteiger partial charge in [0, 0.05) is 5.02 Å². The molecule has 5 heteroatoms. The SMILES string of the molecule is COc1ccc(Cl)cc1-c1nc2c(N)cccc2o1. The van der Waals surface area contributed by atoms with Crippen LogP contribution in [0.15, 0.2) is 40.8 Å². The summed E-state index contributed by atoms with van der Waals surface area (Å²) in [6.45, 7) is 0. The van der Waals surface area contributed by atoms with Crippen molar-refractivity contribution in [1.29, 1.82) is 0 Å². The fourth-order valence-electron chi connectivity index (χ4n) is 1.93. The van der Waals surface area contributed by atoms with Crippen molar-refractivity contribution in [3.63, 3.8) is 0 Å². The van der Waals surface area contributed by atoms with Gasteiger partial charge in [-0.15, -0.1) is 0 Å². The van der Waals surface area contributed by atoms with Crippen molar-refractivity contribution in [3.8, 4) is 17.2 Å². The van der Waals surface area contributed by atoms with Gasteiger partial charge in [-0.3, -0.25) is 0 Å². The van der Waals surface area contributed by atoms with Crippen LogP contribution >= 0.6 is 11.6 Å². The van der Waals surface area contributed by atoms with Gasteiger partial charge in [-0.25, -0.2) is 4.98 Å². The van der Waals surface area contributed by atoms with Crippen LogP contribution in [-0.2, 0) is 0 Å². The predicted octanol–water partition coefficient (Wildman–Crippen LogP) is 3.74. The number of ether oxygens (including phenoxy) is 1. The van der Waals surface area contributed by atoms with Crippen LogP contribution < -0.4 is 10.5 Å². The Morgan fingerprint density at radius 1 is 1.26 bits per heavy atom. The molecule has 0 aliphatic carbocycles. The van der Waals surface area contributed by atoms with Gasteiger partial charge < -0.3 is 14.9 Å². The highest BCUT2D eigenvalue weighted by molar-refractivity contribution is 6.30. The summed E-state index contributed by atoms with van der Waals surface area (Å²) in [5.74, 6) is 1.08. The number of nitrogen functional groups attached to an aromatic ring is 1. The Balaban J connectivity index is 2.24. The second kappa shape index (κ2) is 4.48. The maximum Gasteiger partial charge on any atom is 0.231 e. The first-order valence-corrected chi connectivity index (χ1v) is 6.06. The number of aromatic nitrogens is 1. The van der Waals surface area contributed by atoms with E-state index in [9.17, 15) is 0 Å². The fraction of sp³-hybridized carbons (Fsp3) is 0.0714. The van der Waals surface area contributed by atoms with Crippen LogP contribution in [0.2, 0.25) is 5.02 Å². The summed E-state index contributed by atoms with van der Waals surface area (Å²) >= 11 is 6.00. The number of fused-ring (bicyclic) bond motifs is 1. The van der Waals surface area contributed by atoms with Crippen molar-refractivity contribution >= 4 is 28.4 Å². The molecule has 3 rings (SSSR count). The standard InChI is InChI=1S/C14H11ClN2O2/c1-18-11-6-5-8(15)7-9(11)14-17-13-10(16)3-2-4-12(13)19-14/h2-7H,16H2,1H3. The summed E-state index contributed by atoms with van der Waals surface area (Å²) in [6, 6.07) is 10.7. The molecule has 19 heavy (non-hydrogen) atoms. The molecule has 0 aliphatic rings. The molecule has 96 valence electrons. The summed E-state index contributed by atoms with van der Waals surface area (Å²) in [5.41, 5.74) is 8.42. The van der Waals surface area contributed by atoms with Gasteiger partial charge in [-0.1, -0.05) is 17.7 Å². The van der Waals surface area contributed by atoms with Crippen molar-refractivity contribution in [1.82, 2.24) is 4.98 Å². The zero-order valence-electron chi connectivity index (χ0n) is 10.2. The third-order valence-corrected chi connectivity index (χ3v) is 3.08. The Hall–Kier alpha value is -2.20. The minimum Gasteiger partial charge on any atom is -0.496 e. The largest absolute Gasteiger partial charge is 0.496 e. The first-order valence-electron chi connectivity index (χ1n) is 5.68. The fourth-order valence-corrected chi connectivity index (χ4v) is 2.10. The van der Waals surface area contributed by atoms with E-state index >= 15 is 0 Å². The Labute approximate surface area is 114 Å². The number of para-hydroxylation sites is 1. The molecule has 2 aromatic carbocycles. The second-order valence-corrected chi connectivity index (χ2v) is 4.49. The maximum atomic E-state index is 6.00. The number of hydrogen-bond acceptors (Lipinski definition) is 4. The molecule has 0 bridgehead atoms. The first-order chi connectivity index (χ1) is 9.19. The number of hydrogen-bond donors (Lipinski definition) is 1. The second-order valence-electron chi connectivity index (χ2n) is 4.06. The average Bonchev–Trinajstić information content (AvgIpc) is 2.84. The maximum absolute atomic E-state index is 6.00. The molecule has 0 amide bonds. The number of anilines is 1. The highest BCUT2D eigenvalue weighted by Gasteiger charge is 2.14. The van der Waals surface area contributed by atoms with E-state index in [0.29, 0.717) is 39.0 Å². The number of oxazole rings is 1. The van der Waals surface area contributed by atoms with Crippen molar-refractivity contribution in [2.45, 2.75) is 0 Å².